The standard InChI is InChI=1S/C20H24N4O3S3/c1-14(2)15-8-10-16(11-9-15)19-22-23-20(29-19)21-17(25)6-4-12-24(3)30(26,27)18-7-5-13-28-18/h5,7-11,13-14H,4,6,12H2,1-3H3,(H,21,23,25). The minimum atomic E-state index is -3.49. The molecule has 160 valence electrons. The zero-order valence-corrected chi connectivity index (χ0v) is 19.5. The molecule has 1 aromatic carbocycles. The van der Waals surface area contributed by atoms with Gasteiger partial charge < -0.3 is 5.32 Å². The average molecular weight is 465 g/mol. The molecule has 30 heavy (non-hydrogen) atoms. The molecule has 10 heteroatoms. The highest BCUT2D eigenvalue weighted by Gasteiger charge is 2.21. The van der Waals surface area contributed by atoms with Gasteiger partial charge >= 0.3 is 0 Å². The van der Waals surface area contributed by atoms with Gasteiger partial charge in [0.2, 0.25) is 11.0 Å². The van der Waals surface area contributed by atoms with E-state index >= 15 is 0 Å². The smallest absolute Gasteiger partial charge is 0.252 e. The third-order valence-corrected chi connectivity index (χ3v) is 8.65. The number of carbonyl (C=O) groups excluding carboxylic acids is 1. The van der Waals surface area contributed by atoms with Crippen LogP contribution in [0.15, 0.2) is 46.0 Å². The Morgan fingerprint density at radius 2 is 1.90 bits per heavy atom. The van der Waals surface area contributed by atoms with Crippen LogP contribution >= 0.6 is 22.7 Å². The fraction of sp³-hybridized carbons (Fsp3) is 0.350. The van der Waals surface area contributed by atoms with E-state index in [1.54, 1.807) is 17.5 Å². The van der Waals surface area contributed by atoms with Crippen LogP contribution in [0.2, 0.25) is 0 Å². The number of nitrogens with one attached hydrogen (secondary N) is 1. The van der Waals surface area contributed by atoms with Crippen LogP contribution in [0, 0.1) is 0 Å². The molecule has 1 N–H and O–H groups in total. The van der Waals surface area contributed by atoms with E-state index in [0.717, 1.165) is 10.6 Å². The summed E-state index contributed by atoms with van der Waals surface area (Å²) in [7, 11) is -1.97. The van der Waals surface area contributed by atoms with E-state index in [2.05, 4.69) is 41.5 Å². The van der Waals surface area contributed by atoms with Crippen LogP contribution in [0.3, 0.4) is 0 Å². The van der Waals surface area contributed by atoms with Gasteiger partial charge in [-0.05, 0) is 29.3 Å². The van der Waals surface area contributed by atoms with Gasteiger partial charge in [0.15, 0.2) is 0 Å². The molecule has 0 unspecified atom stereocenters. The van der Waals surface area contributed by atoms with Gasteiger partial charge in [0.1, 0.15) is 9.22 Å². The number of amides is 1. The molecular weight excluding hydrogens is 440 g/mol. The molecule has 0 saturated carbocycles. The molecule has 7 nitrogen and oxygen atoms in total. The summed E-state index contributed by atoms with van der Waals surface area (Å²) < 4.78 is 26.3. The first-order valence-electron chi connectivity index (χ1n) is 9.51. The van der Waals surface area contributed by atoms with E-state index in [0.29, 0.717) is 21.7 Å². The normalized spacial score (nSPS) is 11.9. The summed E-state index contributed by atoms with van der Waals surface area (Å²) in [5, 5.41) is 13.8. The number of sulfonamides is 1. The van der Waals surface area contributed by atoms with Crippen LogP contribution in [0.25, 0.3) is 10.6 Å². The Morgan fingerprint density at radius 1 is 1.17 bits per heavy atom. The second-order valence-electron chi connectivity index (χ2n) is 7.10. The number of hydrogen-bond donors (Lipinski definition) is 1. The summed E-state index contributed by atoms with van der Waals surface area (Å²) in [6, 6.07) is 11.4. The third kappa shape index (κ3) is 5.51. The number of thiophene rings is 1. The topological polar surface area (TPSA) is 92.3 Å². The first kappa shape index (κ1) is 22.5. The molecule has 0 radical (unpaired) electrons. The Labute approximate surface area is 184 Å². The Bertz CT molecular complexity index is 1070. The number of hydrogen-bond acceptors (Lipinski definition) is 7. The molecule has 2 heterocycles. The van der Waals surface area contributed by atoms with Crippen LogP contribution in [-0.2, 0) is 14.8 Å². The second kappa shape index (κ2) is 9.78. The maximum Gasteiger partial charge on any atom is 0.252 e. The fourth-order valence-electron chi connectivity index (χ4n) is 2.73. The van der Waals surface area contributed by atoms with E-state index in [1.807, 2.05) is 12.1 Å². The Morgan fingerprint density at radius 3 is 2.53 bits per heavy atom. The van der Waals surface area contributed by atoms with Gasteiger partial charge in [-0.25, -0.2) is 12.7 Å². The minimum absolute atomic E-state index is 0.197. The SMILES string of the molecule is CC(C)c1ccc(-c2nnc(NC(=O)CCCN(C)S(=O)(=O)c3cccs3)s2)cc1. The van der Waals surface area contributed by atoms with Gasteiger partial charge in [-0.2, -0.15) is 0 Å². The highest BCUT2D eigenvalue weighted by atomic mass is 32.2. The molecule has 0 fully saturated rings. The summed E-state index contributed by atoms with van der Waals surface area (Å²) in [5.41, 5.74) is 2.21. The Balaban J connectivity index is 1.50. The molecule has 0 bridgehead atoms. The lowest BCUT2D eigenvalue weighted by molar-refractivity contribution is -0.116. The number of anilines is 1. The molecule has 0 aliphatic rings. The van der Waals surface area contributed by atoms with Crippen molar-refractivity contribution in [3.8, 4) is 10.6 Å². The molecule has 3 rings (SSSR count). The zero-order valence-electron chi connectivity index (χ0n) is 17.0. The molecule has 0 aliphatic carbocycles. The third-order valence-electron chi connectivity index (χ3n) is 4.53. The lowest BCUT2D eigenvalue weighted by Gasteiger charge is -2.15. The predicted octanol–water partition coefficient (Wildman–Crippen LogP) is 4.43. The summed E-state index contributed by atoms with van der Waals surface area (Å²) in [6.07, 6.45) is 0.609. The van der Waals surface area contributed by atoms with E-state index in [9.17, 15) is 13.2 Å². The highest BCUT2D eigenvalue weighted by molar-refractivity contribution is 7.91. The van der Waals surface area contributed by atoms with Gasteiger partial charge in [-0.3, -0.25) is 4.79 Å². The maximum absolute atomic E-state index is 12.4. The van der Waals surface area contributed by atoms with Crippen molar-refractivity contribution in [1.82, 2.24) is 14.5 Å². The monoisotopic (exact) mass is 464 g/mol. The van der Waals surface area contributed by atoms with Gasteiger partial charge in [-0.15, -0.1) is 21.5 Å². The lowest BCUT2D eigenvalue weighted by atomic mass is 10.0. The van der Waals surface area contributed by atoms with Crippen LogP contribution in [-0.4, -0.2) is 42.4 Å². The average Bonchev–Trinajstić information content (AvgIpc) is 3.40. The van der Waals surface area contributed by atoms with Gasteiger partial charge in [0, 0.05) is 25.6 Å². The predicted molar refractivity (Wildman–Crippen MR) is 121 cm³/mol. The van der Waals surface area contributed by atoms with E-state index in [1.165, 1.54) is 39.6 Å². The molecule has 0 aliphatic heterocycles. The number of nitrogens with zero attached hydrogens (tertiary/aromatic N) is 3. The van der Waals surface area contributed by atoms with Crippen molar-refractivity contribution in [2.75, 3.05) is 18.9 Å². The van der Waals surface area contributed by atoms with E-state index in [-0.39, 0.29) is 18.9 Å². The quantitative estimate of drug-likeness (QED) is 0.506. The van der Waals surface area contributed by atoms with Crippen molar-refractivity contribution in [2.24, 2.45) is 0 Å². The second-order valence-corrected chi connectivity index (χ2v) is 11.3. The van der Waals surface area contributed by atoms with Crippen molar-refractivity contribution in [2.45, 2.75) is 36.8 Å². The molecule has 0 saturated heterocycles. The highest BCUT2D eigenvalue weighted by Crippen LogP contribution is 2.28. The minimum Gasteiger partial charge on any atom is -0.301 e. The Kier molecular flexibility index (Phi) is 7.35. The number of rotatable bonds is 9. The van der Waals surface area contributed by atoms with Crippen molar-refractivity contribution in [3.63, 3.8) is 0 Å². The number of aromatic nitrogens is 2. The summed E-state index contributed by atoms with van der Waals surface area (Å²) in [4.78, 5) is 12.2. The largest absolute Gasteiger partial charge is 0.301 e. The summed E-state index contributed by atoms with van der Waals surface area (Å²) in [5.74, 6) is 0.248. The summed E-state index contributed by atoms with van der Waals surface area (Å²) in [6.45, 7) is 4.54. The lowest BCUT2D eigenvalue weighted by Crippen LogP contribution is -2.28. The fourth-order valence-corrected chi connectivity index (χ4v) is 5.90. The van der Waals surface area contributed by atoms with Crippen molar-refractivity contribution in [3.05, 3.63) is 47.3 Å². The van der Waals surface area contributed by atoms with Crippen molar-refractivity contribution in [1.29, 1.82) is 0 Å². The molecule has 1 amide bonds. The van der Waals surface area contributed by atoms with Crippen molar-refractivity contribution < 1.29 is 13.2 Å². The van der Waals surface area contributed by atoms with Crippen LogP contribution in [0.4, 0.5) is 5.13 Å². The van der Waals surface area contributed by atoms with Crippen LogP contribution < -0.4 is 5.32 Å². The van der Waals surface area contributed by atoms with Gasteiger partial charge in [-0.1, -0.05) is 55.5 Å². The van der Waals surface area contributed by atoms with Gasteiger partial charge in [0.25, 0.3) is 10.0 Å². The van der Waals surface area contributed by atoms with Crippen LogP contribution in [0.1, 0.15) is 38.2 Å². The van der Waals surface area contributed by atoms with Gasteiger partial charge in [0.05, 0.1) is 0 Å². The van der Waals surface area contributed by atoms with E-state index in [4.69, 9.17) is 0 Å². The molecule has 0 atom stereocenters. The number of carbonyl (C=O) groups is 1. The van der Waals surface area contributed by atoms with E-state index < -0.39 is 10.0 Å². The maximum atomic E-state index is 12.4. The molecular formula is C20H24N4O3S3. The molecule has 0 spiro atoms. The van der Waals surface area contributed by atoms with Crippen LogP contribution in [0.5, 0.6) is 0 Å². The number of benzene rings is 1. The molecule has 2 aromatic heterocycles. The van der Waals surface area contributed by atoms with Crippen molar-refractivity contribution >= 4 is 43.7 Å². The Hall–Kier alpha value is -2.14. The first-order chi connectivity index (χ1) is 14.3. The molecule has 3 aromatic rings. The first-order valence-corrected chi connectivity index (χ1v) is 12.6. The zero-order chi connectivity index (χ0) is 21.7. The summed E-state index contributed by atoms with van der Waals surface area (Å²) >= 11 is 2.49.